The van der Waals surface area contributed by atoms with E-state index in [1.54, 1.807) is 0 Å². The molecule has 0 amide bonds. The van der Waals surface area contributed by atoms with Crippen LogP contribution in [0.1, 0.15) is 32.1 Å². The summed E-state index contributed by atoms with van der Waals surface area (Å²) in [6.07, 6.45) is 3.95. The molecule has 0 aromatic rings. The molecule has 0 aromatic heterocycles. The lowest BCUT2D eigenvalue weighted by Crippen LogP contribution is -2.14. The Hall–Kier alpha value is -0.180. The third-order valence-electron chi connectivity index (χ3n) is 2.41. The Morgan fingerprint density at radius 3 is 2.62 bits per heavy atom. The Labute approximate surface area is 78.2 Å². The van der Waals surface area contributed by atoms with Crippen LogP contribution >= 0.6 is 8.25 Å². The van der Waals surface area contributed by atoms with Gasteiger partial charge in [-0.2, -0.15) is 0 Å². The topological polar surface area (TPSA) is 63.6 Å². The highest BCUT2D eigenvalue weighted by atomic mass is 31.1. The van der Waals surface area contributed by atoms with Gasteiger partial charge in [0.05, 0.1) is 6.61 Å². The van der Waals surface area contributed by atoms with Crippen molar-refractivity contribution in [3.05, 3.63) is 0 Å². The Bertz CT molecular complexity index is 194. The number of rotatable bonds is 4. The number of hydrogen-bond donors (Lipinski definition) is 1. The van der Waals surface area contributed by atoms with E-state index in [1.807, 2.05) is 0 Å². The molecule has 1 aliphatic carbocycles. The molecule has 13 heavy (non-hydrogen) atoms. The van der Waals surface area contributed by atoms with Gasteiger partial charge >= 0.3 is 8.25 Å². The van der Waals surface area contributed by atoms with Crippen LogP contribution < -0.4 is 0 Å². The summed E-state index contributed by atoms with van der Waals surface area (Å²) in [5.74, 6) is 0.840. The summed E-state index contributed by atoms with van der Waals surface area (Å²) in [6, 6.07) is 0. The molecule has 1 saturated carbocycles. The van der Waals surface area contributed by atoms with E-state index >= 15 is 0 Å². The number of ketones is 1. The molecule has 76 valence electrons. The highest BCUT2D eigenvalue weighted by molar-refractivity contribution is 7.32. The van der Waals surface area contributed by atoms with Gasteiger partial charge in [0.1, 0.15) is 5.78 Å². The lowest BCUT2D eigenvalue weighted by Gasteiger charge is -2.20. The SMILES string of the molecule is O=C1CCC(CCO[PH](=O)O)CC1. The first kappa shape index (κ1) is 10.9. The molecule has 1 atom stereocenters. The molecule has 0 aromatic carbocycles. The predicted molar refractivity (Wildman–Crippen MR) is 48.8 cm³/mol. The second-order valence-corrected chi connectivity index (χ2v) is 4.21. The summed E-state index contributed by atoms with van der Waals surface area (Å²) in [4.78, 5) is 19.3. The van der Waals surface area contributed by atoms with Gasteiger partial charge in [-0.3, -0.25) is 9.36 Å². The van der Waals surface area contributed by atoms with E-state index in [-0.39, 0.29) is 0 Å². The molecule has 0 spiro atoms. The van der Waals surface area contributed by atoms with Gasteiger partial charge < -0.3 is 9.42 Å². The highest BCUT2D eigenvalue weighted by Gasteiger charge is 2.18. The molecule has 0 saturated heterocycles. The molecule has 4 nitrogen and oxygen atoms in total. The van der Waals surface area contributed by atoms with Gasteiger partial charge in [0.2, 0.25) is 0 Å². The summed E-state index contributed by atoms with van der Waals surface area (Å²) in [5, 5.41) is 0. The predicted octanol–water partition coefficient (Wildman–Crippen LogP) is 1.53. The molecule has 1 fully saturated rings. The standard InChI is InChI=1S/C8H15O4P/c9-8-3-1-7(2-4-8)5-6-12-13(10)11/h7,13H,1-6H2,(H,10,11). The highest BCUT2D eigenvalue weighted by Crippen LogP contribution is 2.25. The first-order valence-electron chi connectivity index (χ1n) is 4.56. The number of carbonyl (C=O) groups is 1. The minimum Gasteiger partial charge on any atom is -0.326 e. The maximum Gasteiger partial charge on any atom is 0.316 e. The van der Waals surface area contributed by atoms with Crippen LogP contribution in [0.25, 0.3) is 0 Å². The fourth-order valence-electron chi connectivity index (χ4n) is 1.60. The normalized spacial score (nSPS) is 21.8. The van der Waals surface area contributed by atoms with Gasteiger partial charge in [-0.15, -0.1) is 0 Å². The van der Waals surface area contributed by atoms with Crippen molar-refractivity contribution in [2.24, 2.45) is 5.92 Å². The summed E-state index contributed by atoms with van der Waals surface area (Å²) >= 11 is 0. The van der Waals surface area contributed by atoms with Crippen molar-refractivity contribution in [3.8, 4) is 0 Å². The van der Waals surface area contributed by atoms with Crippen molar-refractivity contribution < 1.29 is 18.8 Å². The van der Waals surface area contributed by atoms with Crippen molar-refractivity contribution in [1.82, 2.24) is 0 Å². The van der Waals surface area contributed by atoms with Gasteiger partial charge in [-0.1, -0.05) is 0 Å². The van der Waals surface area contributed by atoms with Crippen molar-refractivity contribution >= 4 is 14.0 Å². The largest absolute Gasteiger partial charge is 0.326 e. The maximum absolute atomic E-state index is 10.9. The monoisotopic (exact) mass is 206 g/mol. The second kappa shape index (κ2) is 5.53. The van der Waals surface area contributed by atoms with Crippen LogP contribution in [-0.2, 0) is 13.9 Å². The van der Waals surface area contributed by atoms with Crippen LogP contribution in [0.2, 0.25) is 0 Å². The smallest absolute Gasteiger partial charge is 0.316 e. The Morgan fingerprint density at radius 1 is 1.46 bits per heavy atom. The molecule has 1 aliphatic rings. The summed E-state index contributed by atoms with van der Waals surface area (Å²) in [6.45, 7) is 0.340. The molecular formula is C8H15O4P. The number of carbonyl (C=O) groups excluding carboxylic acids is 1. The van der Waals surface area contributed by atoms with Crippen molar-refractivity contribution in [1.29, 1.82) is 0 Å². The lowest BCUT2D eigenvalue weighted by atomic mass is 9.86. The van der Waals surface area contributed by atoms with E-state index in [9.17, 15) is 9.36 Å². The average Bonchev–Trinajstić information content (AvgIpc) is 2.08. The molecule has 1 unspecified atom stereocenters. The first-order chi connectivity index (χ1) is 6.18. The first-order valence-corrected chi connectivity index (χ1v) is 5.82. The van der Waals surface area contributed by atoms with Gasteiger partial charge in [0.15, 0.2) is 0 Å². The number of Topliss-reactive ketones (excluding diaryl/α,β-unsaturated/α-hetero) is 1. The van der Waals surface area contributed by atoms with Crippen LogP contribution in [-0.4, -0.2) is 17.3 Å². The molecule has 0 aliphatic heterocycles. The van der Waals surface area contributed by atoms with Crippen LogP contribution in [0.4, 0.5) is 0 Å². The Kier molecular flexibility index (Phi) is 4.64. The third kappa shape index (κ3) is 4.55. The van der Waals surface area contributed by atoms with Crippen molar-refractivity contribution in [3.63, 3.8) is 0 Å². The summed E-state index contributed by atoms with van der Waals surface area (Å²) in [7, 11) is -2.76. The van der Waals surface area contributed by atoms with E-state index in [0.29, 0.717) is 31.1 Å². The minimum absolute atomic E-state index is 0.340. The van der Waals surface area contributed by atoms with Gasteiger partial charge in [-0.25, -0.2) is 0 Å². The third-order valence-corrected chi connectivity index (χ3v) is 2.87. The molecule has 1 rings (SSSR count). The fraction of sp³-hybridized carbons (Fsp3) is 0.875. The molecule has 0 bridgehead atoms. The average molecular weight is 206 g/mol. The molecule has 0 heterocycles. The summed E-state index contributed by atoms with van der Waals surface area (Å²) < 4.78 is 14.8. The van der Waals surface area contributed by atoms with Crippen LogP contribution in [0, 0.1) is 5.92 Å². The van der Waals surface area contributed by atoms with E-state index < -0.39 is 8.25 Å². The van der Waals surface area contributed by atoms with Crippen molar-refractivity contribution in [2.75, 3.05) is 6.61 Å². The van der Waals surface area contributed by atoms with E-state index in [2.05, 4.69) is 4.52 Å². The molecule has 5 heteroatoms. The molecule has 1 N–H and O–H groups in total. The van der Waals surface area contributed by atoms with E-state index in [1.165, 1.54) is 0 Å². The summed E-state index contributed by atoms with van der Waals surface area (Å²) in [5.41, 5.74) is 0. The van der Waals surface area contributed by atoms with Crippen LogP contribution in [0.15, 0.2) is 0 Å². The van der Waals surface area contributed by atoms with E-state index in [4.69, 9.17) is 4.89 Å². The minimum atomic E-state index is -2.76. The van der Waals surface area contributed by atoms with Gasteiger partial charge in [0, 0.05) is 12.8 Å². The zero-order valence-corrected chi connectivity index (χ0v) is 8.49. The van der Waals surface area contributed by atoms with E-state index in [0.717, 1.165) is 19.3 Å². The maximum atomic E-state index is 10.9. The van der Waals surface area contributed by atoms with Gasteiger partial charge in [0.25, 0.3) is 0 Å². The zero-order valence-electron chi connectivity index (χ0n) is 7.49. The van der Waals surface area contributed by atoms with Gasteiger partial charge in [-0.05, 0) is 25.2 Å². The van der Waals surface area contributed by atoms with Crippen LogP contribution in [0.5, 0.6) is 0 Å². The second-order valence-electron chi connectivity index (χ2n) is 3.39. The zero-order chi connectivity index (χ0) is 9.68. The van der Waals surface area contributed by atoms with Crippen LogP contribution in [0.3, 0.4) is 0 Å². The molecular weight excluding hydrogens is 191 g/mol. The Morgan fingerprint density at radius 2 is 2.08 bits per heavy atom. The molecule has 0 radical (unpaired) electrons. The fourth-order valence-corrected chi connectivity index (χ4v) is 1.89. The lowest BCUT2D eigenvalue weighted by molar-refractivity contribution is -0.121. The quantitative estimate of drug-likeness (QED) is 0.708. The number of hydrogen-bond acceptors (Lipinski definition) is 3. The van der Waals surface area contributed by atoms with Crippen molar-refractivity contribution in [2.45, 2.75) is 32.1 Å². The Balaban J connectivity index is 2.09.